The number of aromatic nitrogens is 5. The van der Waals surface area contributed by atoms with Gasteiger partial charge in [-0.3, -0.25) is 4.57 Å². The molecule has 0 radical (unpaired) electrons. The fourth-order valence-electron chi connectivity index (χ4n) is 2.77. The first-order valence-electron chi connectivity index (χ1n) is 9.75. The Morgan fingerprint density at radius 1 is 1.03 bits per heavy atom. The average molecular weight is 440 g/mol. The molecule has 0 saturated heterocycles. The molecule has 0 saturated carbocycles. The largest absolute Gasteiger partial charge is 0.483 e. The minimum absolute atomic E-state index is 0.0692. The smallest absolute Gasteiger partial charge is 0.232 e. The molecular weight excluding hydrogens is 417 g/mol. The van der Waals surface area contributed by atoms with Crippen LogP contribution in [0.25, 0.3) is 5.69 Å². The van der Waals surface area contributed by atoms with Gasteiger partial charge >= 0.3 is 0 Å². The highest BCUT2D eigenvalue weighted by atomic mass is 32.2. The number of ether oxygens (including phenoxy) is 1. The van der Waals surface area contributed by atoms with E-state index in [1.807, 2.05) is 55.7 Å². The van der Waals surface area contributed by atoms with Crippen LogP contribution in [0.2, 0.25) is 0 Å². The predicted octanol–water partition coefficient (Wildman–Crippen LogP) is 4.96. The van der Waals surface area contributed by atoms with Gasteiger partial charge in [0.15, 0.2) is 28.4 Å². The molecule has 0 amide bonds. The number of rotatable bonds is 7. The van der Waals surface area contributed by atoms with E-state index in [9.17, 15) is 4.39 Å². The quantitative estimate of drug-likeness (QED) is 0.377. The maximum atomic E-state index is 13.9. The maximum Gasteiger partial charge on any atom is 0.232 e. The molecule has 0 fully saturated rings. The Bertz CT molecular complexity index is 1150. The lowest BCUT2D eigenvalue weighted by Crippen LogP contribution is -2.11. The topological polar surface area (TPSA) is 78.9 Å². The molecule has 0 N–H and O–H groups in total. The third-order valence-electron chi connectivity index (χ3n) is 4.35. The van der Waals surface area contributed by atoms with Gasteiger partial charge in [-0.25, -0.2) is 4.39 Å². The highest BCUT2D eigenvalue weighted by molar-refractivity contribution is 7.98. The number of hydrogen-bond donors (Lipinski definition) is 0. The summed E-state index contributed by atoms with van der Waals surface area (Å²) >= 11 is 1.44. The van der Waals surface area contributed by atoms with Crippen molar-refractivity contribution in [1.29, 1.82) is 0 Å². The zero-order chi connectivity index (χ0) is 21.8. The van der Waals surface area contributed by atoms with E-state index in [2.05, 4.69) is 20.3 Å². The van der Waals surface area contributed by atoms with E-state index in [0.29, 0.717) is 28.4 Å². The second-order valence-corrected chi connectivity index (χ2v) is 8.79. The summed E-state index contributed by atoms with van der Waals surface area (Å²) in [7, 11) is 0. The molecule has 160 valence electrons. The van der Waals surface area contributed by atoms with Crippen LogP contribution in [0, 0.1) is 5.82 Å². The molecule has 2 aromatic heterocycles. The van der Waals surface area contributed by atoms with Gasteiger partial charge in [0.25, 0.3) is 0 Å². The second kappa shape index (κ2) is 8.89. The Morgan fingerprint density at radius 3 is 2.48 bits per heavy atom. The number of thioether (sulfide) groups is 1. The molecule has 0 aliphatic carbocycles. The molecule has 9 heteroatoms. The number of nitrogens with zero attached hydrogens (tertiary/aromatic N) is 5. The molecule has 2 heterocycles. The van der Waals surface area contributed by atoms with Gasteiger partial charge in [0.1, 0.15) is 6.61 Å². The van der Waals surface area contributed by atoms with E-state index < -0.39 is 5.82 Å². The Balaban J connectivity index is 1.56. The number of halogens is 1. The normalized spacial score (nSPS) is 11.6. The van der Waals surface area contributed by atoms with Gasteiger partial charge < -0.3 is 9.26 Å². The van der Waals surface area contributed by atoms with E-state index in [0.717, 1.165) is 5.69 Å². The van der Waals surface area contributed by atoms with Crippen LogP contribution in [0.1, 0.15) is 38.3 Å². The molecule has 2 aromatic carbocycles. The monoisotopic (exact) mass is 439 g/mol. The molecule has 4 rings (SSSR count). The third-order valence-corrected chi connectivity index (χ3v) is 5.27. The lowest BCUT2D eigenvalue weighted by atomic mass is 9.97. The van der Waals surface area contributed by atoms with Gasteiger partial charge in [-0.2, -0.15) is 4.98 Å². The van der Waals surface area contributed by atoms with Crippen molar-refractivity contribution in [3.63, 3.8) is 0 Å². The van der Waals surface area contributed by atoms with Crippen LogP contribution < -0.4 is 4.74 Å². The van der Waals surface area contributed by atoms with E-state index >= 15 is 0 Å². The summed E-state index contributed by atoms with van der Waals surface area (Å²) in [5.41, 5.74) is 0.669. The van der Waals surface area contributed by atoms with Crippen molar-refractivity contribution in [3.05, 3.63) is 78.0 Å². The van der Waals surface area contributed by atoms with Crippen molar-refractivity contribution < 1.29 is 13.7 Å². The summed E-state index contributed by atoms with van der Waals surface area (Å²) in [5.74, 6) is 1.95. The van der Waals surface area contributed by atoms with Gasteiger partial charge in [-0.1, -0.05) is 68.0 Å². The van der Waals surface area contributed by atoms with Crippen molar-refractivity contribution in [2.45, 2.75) is 43.7 Å². The van der Waals surface area contributed by atoms with Crippen LogP contribution in [0.3, 0.4) is 0 Å². The minimum atomic E-state index is -0.422. The number of benzene rings is 2. The molecule has 0 aliphatic rings. The summed E-state index contributed by atoms with van der Waals surface area (Å²) in [5, 5.41) is 13.3. The van der Waals surface area contributed by atoms with Gasteiger partial charge in [0.2, 0.25) is 5.89 Å². The van der Waals surface area contributed by atoms with Gasteiger partial charge in [-0.15, -0.1) is 10.2 Å². The Kier molecular flexibility index (Phi) is 6.03. The first kappa shape index (κ1) is 21.0. The molecule has 31 heavy (non-hydrogen) atoms. The van der Waals surface area contributed by atoms with Crippen molar-refractivity contribution >= 4 is 11.8 Å². The van der Waals surface area contributed by atoms with Crippen molar-refractivity contribution in [2.24, 2.45) is 0 Å². The average Bonchev–Trinajstić information content (AvgIpc) is 3.39. The third kappa shape index (κ3) is 4.93. The summed E-state index contributed by atoms with van der Waals surface area (Å²) < 4.78 is 26.8. The molecule has 0 aliphatic heterocycles. The Morgan fingerprint density at radius 2 is 1.77 bits per heavy atom. The molecular formula is C22H22FN5O2S. The molecule has 0 spiro atoms. The van der Waals surface area contributed by atoms with Gasteiger partial charge in [-0.05, 0) is 24.3 Å². The molecule has 0 unspecified atom stereocenters. The molecule has 4 aromatic rings. The molecule has 7 nitrogen and oxygen atoms in total. The fraction of sp³-hybridized carbons (Fsp3) is 0.273. The van der Waals surface area contributed by atoms with Crippen LogP contribution >= 0.6 is 11.8 Å². The van der Waals surface area contributed by atoms with Crippen molar-refractivity contribution in [3.8, 4) is 11.4 Å². The van der Waals surface area contributed by atoms with Crippen molar-refractivity contribution in [1.82, 2.24) is 24.9 Å². The van der Waals surface area contributed by atoms with E-state index in [-0.39, 0.29) is 17.8 Å². The lowest BCUT2D eigenvalue weighted by Gasteiger charge is -2.11. The van der Waals surface area contributed by atoms with Gasteiger partial charge in [0, 0.05) is 11.1 Å². The van der Waals surface area contributed by atoms with Crippen LogP contribution in [-0.4, -0.2) is 24.9 Å². The fourth-order valence-corrected chi connectivity index (χ4v) is 3.59. The standard InChI is InChI=1S/C22H22FN5O2S/c1-22(2,3)20-24-18(27-30-20)14-31-21-26-25-19(28(21)15-9-5-4-6-10-15)13-29-17-12-8-7-11-16(17)23/h4-12H,13-14H2,1-3H3. The zero-order valence-electron chi connectivity index (χ0n) is 17.4. The zero-order valence-corrected chi connectivity index (χ0v) is 18.3. The molecule has 0 atom stereocenters. The van der Waals surface area contributed by atoms with Crippen molar-refractivity contribution in [2.75, 3.05) is 0 Å². The van der Waals surface area contributed by atoms with E-state index in [1.54, 1.807) is 18.2 Å². The van der Waals surface area contributed by atoms with E-state index in [4.69, 9.17) is 9.26 Å². The van der Waals surface area contributed by atoms with Crippen LogP contribution in [0.15, 0.2) is 64.3 Å². The predicted molar refractivity (Wildman–Crippen MR) is 115 cm³/mol. The maximum absolute atomic E-state index is 13.9. The first-order valence-corrected chi connectivity index (χ1v) is 10.7. The first-order chi connectivity index (χ1) is 14.9. The SMILES string of the molecule is CC(C)(C)c1nc(CSc2nnc(COc3ccccc3F)n2-c2ccccc2)no1. The lowest BCUT2D eigenvalue weighted by molar-refractivity contribution is 0.278. The molecule has 0 bridgehead atoms. The van der Waals surface area contributed by atoms with E-state index in [1.165, 1.54) is 17.8 Å². The van der Waals surface area contributed by atoms with Crippen LogP contribution in [0.4, 0.5) is 4.39 Å². The minimum Gasteiger partial charge on any atom is -0.483 e. The number of para-hydroxylation sites is 2. The number of hydrogen-bond acceptors (Lipinski definition) is 7. The second-order valence-electron chi connectivity index (χ2n) is 7.84. The van der Waals surface area contributed by atoms with Gasteiger partial charge in [0.05, 0.1) is 5.75 Å². The summed E-state index contributed by atoms with van der Waals surface area (Å²) in [4.78, 5) is 4.47. The summed E-state index contributed by atoms with van der Waals surface area (Å²) in [6.45, 7) is 6.13. The Labute approximate surface area is 183 Å². The highest BCUT2D eigenvalue weighted by Gasteiger charge is 2.22. The Hall–Kier alpha value is -3.20. The highest BCUT2D eigenvalue weighted by Crippen LogP contribution is 2.27. The summed E-state index contributed by atoms with van der Waals surface area (Å²) in [6, 6.07) is 16.0. The van der Waals surface area contributed by atoms with Crippen LogP contribution in [-0.2, 0) is 17.8 Å². The van der Waals surface area contributed by atoms with Crippen LogP contribution in [0.5, 0.6) is 5.75 Å². The summed E-state index contributed by atoms with van der Waals surface area (Å²) in [6.07, 6.45) is 0.